The quantitative estimate of drug-likeness (QED) is 0.668. The molecule has 20 heavy (non-hydrogen) atoms. The average molecular weight is 297 g/mol. The molecule has 6 heteroatoms. The van der Waals surface area contributed by atoms with Crippen molar-refractivity contribution in [2.24, 2.45) is 0 Å². The number of nitrogens with two attached hydrogens (primary N) is 1. The third-order valence-electron chi connectivity index (χ3n) is 3.85. The lowest BCUT2D eigenvalue weighted by molar-refractivity contribution is 0.0302. The van der Waals surface area contributed by atoms with Crippen LogP contribution in [0.2, 0.25) is 5.02 Å². The number of hydrogen-bond donors (Lipinski definition) is 1. The van der Waals surface area contributed by atoms with Crippen molar-refractivity contribution in [1.29, 1.82) is 0 Å². The third-order valence-corrected chi connectivity index (χ3v) is 4.14. The number of carbonyl (C=O) groups is 1. The second-order valence-electron chi connectivity index (χ2n) is 5.25. The Morgan fingerprint density at radius 2 is 2.05 bits per heavy atom. The Kier molecular flexibility index (Phi) is 3.48. The number of rotatable bonds is 2. The van der Waals surface area contributed by atoms with E-state index in [4.69, 9.17) is 26.8 Å². The fraction of sp³-hybridized carbons (Fsp3) is 0.500. The van der Waals surface area contributed by atoms with Gasteiger partial charge in [0.25, 0.3) is 0 Å². The zero-order valence-corrected chi connectivity index (χ0v) is 12.0. The van der Waals surface area contributed by atoms with Crippen molar-refractivity contribution in [2.45, 2.75) is 25.0 Å². The smallest absolute Gasteiger partial charge is 0.340 e. The minimum Gasteiger partial charge on any atom is -0.465 e. The minimum atomic E-state index is -0.423. The summed E-state index contributed by atoms with van der Waals surface area (Å²) in [4.78, 5) is 14.1. The van der Waals surface area contributed by atoms with Crippen LogP contribution in [0.1, 0.15) is 23.2 Å². The highest BCUT2D eigenvalue weighted by Gasteiger charge is 2.36. The van der Waals surface area contributed by atoms with Crippen LogP contribution in [0.3, 0.4) is 0 Å². The van der Waals surface area contributed by atoms with E-state index in [1.165, 1.54) is 7.11 Å². The summed E-state index contributed by atoms with van der Waals surface area (Å²) in [7, 11) is 1.35. The average Bonchev–Trinajstić information content (AvgIpc) is 2.75. The SMILES string of the molecule is COC(=O)c1cc(N)cc(Cl)c1N1CC2CCC(C1)O2. The van der Waals surface area contributed by atoms with Crippen molar-refractivity contribution in [3.8, 4) is 0 Å². The predicted octanol–water partition coefficient (Wildman–Crippen LogP) is 2.08. The summed E-state index contributed by atoms with van der Waals surface area (Å²) in [5, 5.41) is 0.478. The van der Waals surface area contributed by atoms with E-state index in [1.807, 2.05) is 0 Å². The van der Waals surface area contributed by atoms with Gasteiger partial charge in [-0.05, 0) is 25.0 Å². The van der Waals surface area contributed by atoms with Crippen molar-refractivity contribution in [2.75, 3.05) is 30.8 Å². The summed E-state index contributed by atoms with van der Waals surface area (Å²) >= 11 is 6.31. The number of methoxy groups -OCH3 is 1. The standard InChI is InChI=1S/C14H17ClN2O3/c1-19-14(18)11-4-8(16)5-12(15)13(11)17-6-9-2-3-10(7-17)20-9/h4-5,9-10H,2-3,6-7,16H2,1H3. The van der Waals surface area contributed by atoms with E-state index in [0.717, 1.165) is 25.9 Å². The van der Waals surface area contributed by atoms with Gasteiger partial charge in [0.1, 0.15) is 0 Å². The molecule has 3 rings (SSSR count). The molecule has 0 radical (unpaired) electrons. The number of halogens is 1. The molecule has 2 fully saturated rings. The van der Waals surface area contributed by atoms with Gasteiger partial charge >= 0.3 is 5.97 Å². The molecule has 1 aromatic carbocycles. The Labute approximate surface area is 122 Å². The number of morpholine rings is 1. The first-order valence-corrected chi connectivity index (χ1v) is 7.04. The van der Waals surface area contributed by atoms with Crippen molar-refractivity contribution in [3.63, 3.8) is 0 Å². The third kappa shape index (κ3) is 2.31. The van der Waals surface area contributed by atoms with Crippen LogP contribution in [0.25, 0.3) is 0 Å². The first kappa shape index (κ1) is 13.5. The molecular formula is C14H17ClN2O3. The van der Waals surface area contributed by atoms with E-state index in [0.29, 0.717) is 22.0 Å². The molecule has 0 aliphatic carbocycles. The normalized spacial score (nSPS) is 24.8. The van der Waals surface area contributed by atoms with E-state index in [2.05, 4.69) is 4.90 Å². The number of fused-ring (bicyclic) bond motifs is 2. The lowest BCUT2D eigenvalue weighted by Crippen LogP contribution is -2.43. The lowest BCUT2D eigenvalue weighted by atomic mass is 10.1. The van der Waals surface area contributed by atoms with Gasteiger partial charge in [-0.15, -0.1) is 0 Å². The first-order valence-electron chi connectivity index (χ1n) is 6.66. The number of benzene rings is 1. The van der Waals surface area contributed by atoms with Crippen LogP contribution in [-0.4, -0.2) is 38.4 Å². The van der Waals surface area contributed by atoms with Crippen molar-refractivity contribution < 1.29 is 14.3 Å². The topological polar surface area (TPSA) is 64.8 Å². The van der Waals surface area contributed by atoms with Gasteiger partial charge < -0.3 is 20.1 Å². The Morgan fingerprint density at radius 1 is 1.40 bits per heavy atom. The number of hydrogen-bond acceptors (Lipinski definition) is 5. The van der Waals surface area contributed by atoms with Crippen molar-refractivity contribution >= 4 is 28.9 Å². The molecule has 2 aliphatic rings. The molecular weight excluding hydrogens is 280 g/mol. The molecule has 0 amide bonds. The van der Waals surface area contributed by atoms with E-state index in [1.54, 1.807) is 12.1 Å². The number of esters is 1. The molecule has 2 bridgehead atoms. The molecule has 2 heterocycles. The Balaban J connectivity index is 2.01. The number of nitrogens with zero attached hydrogens (tertiary/aromatic N) is 1. The maximum absolute atomic E-state index is 12.0. The van der Waals surface area contributed by atoms with Crippen LogP contribution < -0.4 is 10.6 Å². The molecule has 2 atom stereocenters. The summed E-state index contributed by atoms with van der Waals surface area (Å²) in [5.41, 5.74) is 7.35. The molecule has 5 nitrogen and oxygen atoms in total. The zero-order chi connectivity index (χ0) is 14.3. The zero-order valence-electron chi connectivity index (χ0n) is 11.3. The Morgan fingerprint density at radius 3 is 2.65 bits per heavy atom. The van der Waals surface area contributed by atoms with Crippen LogP contribution in [0, 0.1) is 0 Å². The lowest BCUT2D eigenvalue weighted by Gasteiger charge is -2.35. The maximum Gasteiger partial charge on any atom is 0.340 e. The van der Waals surface area contributed by atoms with E-state index < -0.39 is 5.97 Å². The van der Waals surface area contributed by atoms with Gasteiger partial charge in [0.2, 0.25) is 0 Å². The van der Waals surface area contributed by atoms with Crippen LogP contribution >= 0.6 is 11.6 Å². The van der Waals surface area contributed by atoms with E-state index in [9.17, 15) is 4.79 Å². The van der Waals surface area contributed by atoms with Crippen LogP contribution in [0.15, 0.2) is 12.1 Å². The van der Waals surface area contributed by atoms with E-state index >= 15 is 0 Å². The highest BCUT2D eigenvalue weighted by Crippen LogP contribution is 2.37. The van der Waals surface area contributed by atoms with Gasteiger partial charge in [-0.3, -0.25) is 0 Å². The number of ether oxygens (including phenoxy) is 2. The summed E-state index contributed by atoms with van der Waals surface area (Å²) in [6, 6.07) is 3.28. The van der Waals surface area contributed by atoms with Crippen LogP contribution in [0.4, 0.5) is 11.4 Å². The highest BCUT2D eigenvalue weighted by molar-refractivity contribution is 6.34. The molecule has 2 aliphatic heterocycles. The fourth-order valence-electron chi connectivity index (χ4n) is 3.00. The highest BCUT2D eigenvalue weighted by atomic mass is 35.5. The molecule has 2 N–H and O–H groups in total. The van der Waals surface area contributed by atoms with Crippen LogP contribution in [0.5, 0.6) is 0 Å². The minimum absolute atomic E-state index is 0.216. The Bertz CT molecular complexity index is 537. The van der Waals surface area contributed by atoms with Gasteiger partial charge in [0, 0.05) is 18.8 Å². The maximum atomic E-state index is 12.0. The van der Waals surface area contributed by atoms with Crippen molar-refractivity contribution in [3.05, 3.63) is 22.7 Å². The van der Waals surface area contributed by atoms with Crippen molar-refractivity contribution in [1.82, 2.24) is 0 Å². The summed E-state index contributed by atoms with van der Waals surface area (Å²) in [5.74, 6) is -0.423. The first-order chi connectivity index (χ1) is 9.58. The molecule has 108 valence electrons. The monoisotopic (exact) mass is 296 g/mol. The molecule has 0 saturated carbocycles. The van der Waals surface area contributed by atoms with Gasteiger partial charge in [-0.2, -0.15) is 0 Å². The summed E-state index contributed by atoms with van der Waals surface area (Å²) in [6.07, 6.45) is 2.54. The summed E-state index contributed by atoms with van der Waals surface area (Å²) < 4.78 is 10.6. The molecule has 1 aromatic rings. The number of nitrogen functional groups attached to an aromatic ring is 1. The van der Waals surface area contributed by atoms with Gasteiger partial charge in [-0.25, -0.2) is 4.79 Å². The summed E-state index contributed by atoms with van der Waals surface area (Å²) in [6.45, 7) is 1.48. The predicted molar refractivity (Wildman–Crippen MR) is 77.3 cm³/mol. The Hall–Kier alpha value is -1.46. The number of anilines is 2. The van der Waals surface area contributed by atoms with Gasteiger partial charge in [0.05, 0.1) is 35.6 Å². The molecule has 0 spiro atoms. The molecule has 2 unspecified atom stereocenters. The second-order valence-corrected chi connectivity index (χ2v) is 5.66. The molecule has 2 saturated heterocycles. The van der Waals surface area contributed by atoms with Gasteiger partial charge in [-0.1, -0.05) is 11.6 Å². The second kappa shape index (κ2) is 5.14. The van der Waals surface area contributed by atoms with Crippen LogP contribution in [-0.2, 0) is 9.47 Å². The van der Waals surface area contributed by atoms with Gasteiger partial charge in [0.15, 0.2) is 0 Å². The van der Waals surface area contributed by atoms with E-state index in [-0.39, 0.29) is 12.2 Å². The largest absolute Gasteiger partial charge is 0.465 e. The fourth-order valence-corrected chi connectivity index (χ4v) is 3.35. The molecule has 0 aromatic heterocycles. The number of carbonyl (C=O) groups excluding carboxylic acids is 1.